The van der Waals surface area contributed by atoms with Gasteiger partial charge in [-0.05, 0) is 6.07 Å². The Balaban J connectivity index is 2.59. The molecule has 110 valence electrons. The fourth-order valence-corrected chi connectivity index (χ4v) is 3.22. The quantitative estimate of drug-likeness (QED) is 0.596. The molecule has 0 aliphatic heterocycles. The van der Waals surface area contributed by atoms with Gasteiger partial charge in [-0.1, -0.05) is 11.6 Å². The van der Waals surface area contributed by atoms with Crippen LogP contribution in [0.25, 0.3) is 5.65 Å². The lowest BCUT2D eigenvalue weighted by Crippen LogP contribution is -2.13. The Morgan fingerprint density at radius 3 is 2.45 bits per heavy atom. The third-order valence-electron chi connectivity index (χ3n) is 2.58. The summed E-state index contributed by atoms with van der Waals surface area (Å²) in [5.74, 6) is 0. The van der Waals surface area contributed by atoms with Crippen molar-refractivity contribution >= 4 is 37.9 Å². The number of rotatable bonds is 4. The van der Waals surface area contributed by atoms with Gasteiger partial charge in [0.25, 0.3) is 0 Å². The summed E-state index contributed by atoms with van der Waals surface area (Å²) in [7, 11) is -8.94. The molecule has 2 heterocycles. The number of imidazole rings is 1. The molecule has 0 saturated carbocycles. The molecule has 0 bridgehead atoms. The summed E-state index contributed by atoms with van der Waals surface area (Å²) in [6.07, 6.45) is 0.697. The zero-order chi connectivity index (χ0) is 15.1. The monoisotopic (exact) mass is 340 g/mol. The molecule has 0 fully saturated rings. The van der Waals surface area contributed by atoms with E-state index >= 15 is 0 Å². The fraction of sp³-hybridized carbons (Fsp3) is 0.222. The van der Waals surface area contributed by atoms with Crippen LogP contribution >= 0.6 is 26.8 Å². The van der Waals surface area contributed by atoms with Gasteiger partial charge in [0.2, 0.25) is 0 Å². The lowest BCUT2D eigenvalue weighted by molar-refractivity contribution is 0.371. The summed E-state index contributed by atoms with van der Waals surface area (Å²) in [6.45, 7) is 0. The van der Waals surface area contributed by atoms with Crippen LogP contribution in [0.3, 0.4) is 0 Å². The summed E-state index contributed by atoms with van der Waals surface area (Å²) in [5, 5.41) is 0.335. The second kappa shape index (κ2) is 5.24. The van der Waals surface area contributed by atoms with Crippen molar-refractivity contribution in [2.24, 2.45) is 0 Å². The van der Waals surface area contributed by atoms with Crippen LogP contribution in [0, 0.1) is 0 Å². The highest BCUT2D eigenvalue weighted by atomic mass is 35.5. The average Bonchev–Trinajstić information content (AvgIpc) is 2.62. The number of aromatic nitrogens is 2. The van der Waals surface area contributed by atoms with Gasteiger partial charge in [0.15, 0.2) is 5.44 Å². The average molecular weight is 341 g/mol. The molecule has 0 aliphatic carbocycles. The Morgan fingerprint density at radius 2 is 1.90 bits per heavy atom. The molecule has 0 aliphatic rings. The van der Waals surface area contributed by atoms with E-state index in [1.165, 1.54) is 22.7 Å². The van der Waals surface area contributed by atoms with Crippen molar-refractivity contribution in [3.05, 3.63) is 29.0 Å². The van der Waals surface area contributed by atoms with E-state index < -0.39 is 26.8 Å². The molecule has 20 heavy (non-hydrogen) atoms. The maximum absolute atomic E-state index is 11.4. The van der Waals surface area contributed by atoms with Crippen molar-refractivity contribution in [2.75, 3.05) is 6.16 Å². The van der Waals surface area contributed by atoms with Crippen molar-refractivity contribution in [1.82, 2.24) is 9.38 Å². The zero-order valence-electron chi connectivity index (χ0n) is 9.92. The summed E-state index contributed by atoms with van der Waals surface area (Å²) >= 11 is 5.77. The Morgan fingerprint density at radius 1 is 1.25 bits per heavy atom. The smallest absolute Gasteiger partial charge is 0.324 e. The van der Waals surface area contributed by atoms with Crippen molar-refractivity contribution in [3.8, 4) is 0 Å². The number of nitrogens with zero attached hydrogens (tertiary/aromatic N) is 2. The van der Waals surface area contributed by atoms with E-state index in [1.54, 1.807) is 0 Å². The summed E-state index contributed by atoms with van der Waals surface area (Å²) in [4.78, 5) is 40.1. The van der Waals surface area contributed by atoms with Gasteiger partial charge in [-0.25, -0.2) is 4.98 Å². The first-order chi connectivity index (χ1) is 9.08. The molecule has 2 rings (SSSR count). The van der Waals surface area contributed by atoms with E-state index in [9.17, 15) is 18.9 Å². The van der Waals surface area contributed by atoms with E-state index in [4.69, 9.17) is 21.4 Å². The number of fused-ring (bicyclic) bond motifs is 1. The SMILES string of the molecule is O=P(O)(O)CCc1c(P(=O)(O)O)nc2cc(Cl)ccn12. The molecule has 0 saturated heterocycles. The van der Waals surface area contributed by atoms with Crippen molar-refractivity contribution in [1.29, 1.82) is 0 Å². The van der Waals surface area contributed by atoms with Crippen LogP contribution in [0.5, 0.6) is 0 Å². The van der Waals surface area contributed by atoms with Crippen LogP contribution in [-0.4, -0.2) is 35.1 Å². The first-order valence-corrected chi connectivity index (χ1v) is 9.14. The predicted octanol–water partition coefficient (Wildman–Crippen LogP) is 0.511. The van der Waals surface area contributed by atoms with Gasteiger partial charge in [-0.3, -0.25) is 9.13 Å². The largest absolute Gasteiger partial charge is 0.376 e. The molecule has 0 amide bonds. The summed E-state index contributed by atoms with van der Waals surface area (Å²) < 4.78 is 23.7. The first-order valence-electron chi connectivity index (χ1n) is 5.35. The first kappa shape index (κ1) is 15.7. The van der Waals surface area contributed by atoms with E-state index in [0.717, 1.165) is 0 Å². The molecule has 8 nitrogen and oxygen atoms in total. The van der Waals surface area contributed by atoms with Crippen LogP contribution in [0.4, 0.5) is 0 Å². The van der Waals surface area contributed by atoms with Crippen LogP contribution in [0.1, 0.15) is 5.69 Å². The van der Waals surface area contributed by atoms with Crippen LogP contribution < -0.4 is 5.44 Å². The highest BCUT2D eigenvalue weighted by Crippen LogP contribution is 2.38. The molecule has 0 radical (unpaired) electrons. The maximum Gasteiger partial charge on any atom is 0.376 e. The minimum atomic E-state index is -4.65. The predicted molar refractivity (Wildman–Crippen MR) is 72.5 cm³/mol. The van der Waals surface area contributed by atoms with Gasteiger partial charge in [0.05, 0.1) is 11.9 Å². The van der Waals surface area contributed by atoms with E-state index in [1.807, 2.05) is 0 Å². The molecule has 11 heteroatoms. The molecule has 0 atom stereocenters. The molecular formula is C9H11ClN2O6P2. The van der Waals surface area contributed by atoms with Crippen LogP contribution in [0.15, 0.2) is 18.3 Å². The van der Waals surface area contributed by atoms with Gasteiger partial charge in [0, 0.05) is 23.7 Å². The second-order valence-corrected chi connectivity index (χ2v) is 7.86. The Hall–Kier alpha value is -0.720. The maximum atomic E-state index is 11.4. The minimum absolute atomic E-state index is 0.0633. The zero-order valence-corrected chi connectivity index (χ0v) is 12.5. The molecule has 0 unspecified atom stereocenters. The van der Waals surface area contributed by atoms with Gasteiger partial charge >= 0.3 is 15.2 Å². The van der Waals surface area contributed by atoms with Crippen molar-refractivity contribution < 1.29 is 28.7 Å². The van der Waals surface area contributed by atoms with Crippen molar-refractivity contribution in [3.63, 3.8) is 0 Å². The summed E-state index contributed by atoms with van der Waals surface area (Å²) in [6, 6.07) is 2.89. The number of hydrogen-bond donors (Lipinski definition) is 4. The molecule has 0 aromatic carbocycles. The van der Waals surface area contributed by atoms with Gasteiger partial charge in [0.1, 0.15) is 5.65 Å². The molecule has 2 aromatic rings. The number of aryl methyl sites for hydroxylation is 1. The lowest BCUT2D eigenvalue weighted by atomic mass is 10.3. The fourth-order valence-electron chi connectivity index (χ4n) is 1.78. The normalized spacial score (nSPS) is 13.1. The Bertz CT molecular complexity index is 748. The Labute approximate surface area is 118 Å². The number of hydrogen-bond acceptors (Lipinski definition) is 3. The molecule has 2 aromatic heterocycles. The van der Waals surface area contributed by atoms with Gasteiger partial charge in [-0.2, -0.15) is 0 Å². The van der Waals surface area contributed by atoms with Crippen LogP contribution in [0.2, 0.25) is 5.02 Å². The molecule has 0 spiro atoms. The topological polar surface area (TPSA) is 132 Å². The van der Waals surface area contributed by atoms with Crippen LogP contribution in [-0.2, 0) is 15.6 Å². The highest BCUT2D eigenvalue weighted by Gasteiger charge is 2.28. The molecule has 4 N–H and O–H groups in total. The van der Waals surface area contributed by atoms with Gasteiger partial charge in [-0.15, -0.1) is 0 Å². The van der Waals surface area contributed by atoms with Crippen molar-refractivity contribution in [2.45, 2.75) is 6.42 Å². The lowest BCUT2D eigenvalue weighted by Gasteiger charge is -2.07. The second-order valence-electron chi connectivity index (χ2n) is 4.14. The van der Waals surface area contributed by atoms with E-state index in [-0.39, 0.29) is 17.8 Å². The van der Waals surface area contributed by atoms with E-state index in [2.05, 4.69) is 4.98 Å². The van der Waals surface area contributed by atoms with E-state index in [0.29, 0.717) is 5.02 Å². The van der Waals surface area contributed by atoms with Gasteiger partial charge < -0.3 is 24.0 Å². The number of halogens is 1. The third kappa shape index (κ3) is 3.48. The molecular weight excluding hydrogens is 330 g/mol. The number of pyridine rings is 1. The standard InChI is InChI=1S/C9H11ClN2O6P2/c10-6-1-3-12-7(2-4-19(13,14)15)9(20(16,17)18)11-8(12)5-6/h1,3,5H,2,4H2,(H2,13,14,15)(H2,16,17,18). The minimum Gasteiger partial charge on any atom is -0.324 e. The Kier molecular flexibility index (Phi) is 4.10. The summed E-state index contributed by atoms with van der Waals surface area (Å²) in [5.41, 5.74) is -0.224. The third-order valence-corrected chi connectivity index (χ3v) is 4.53. The highest BCUT2D eigenvalue weighted by molar-refractivity contribution is 7.60.